The summed E-state index contributed by atoms with van der Waals surface area (Å²) in [6.07, 6.45) is 0. The van der Waals surface area contributed by atoms with Gasteiger partial charge in [-0.2, -0.15) is 15.8 Å². The van der Waals surface area contributed by atoms with Crippen LogP contribution in [0.1, 0.15) is 12.5 Å². The minimum Gasteiger partial charge on any atom is -0.370 e. The molecule has 1 saturated carbocycles. The first-order chi connectivity index (χ1) is 9.91. The summed E-state index contributed by atoms with van der Waals surface area (Å²) in [6.45, 7) is 1.31. The summed E-state index contributed by atoms with van der Waals surface area (Å²) in [4.78, 5) is 12.3. The van der Waals surface area contributed by atoms with Crippen LogP contribution in [0.4, 0.5) is 0 Å². The highest BCUT2D eigenvalue weighted by Crippen LogP contribution is 2.83. The van der Waals surface area contributed by atoms with Gasteiger partial charge in [0.1, 0.15) is 11.1 Å². The van der Waals surface area contributed by atoms with E-state index in [2.05, 4.69) is 5.32 Å². The van der Waals surface area contributed by atoms with Crippen LogP contribution < -0.4 is 5.32 Å². The molecule has 102 valence electrons. The Hall–Kier alpha value is -2.88. The number of nitriles is 3. The number of benzene rings is 1. The summed E-state index contributed by atoms with van der Waals surface area (Å²) in [5.74, 6) is -0.790. The fraction of sp³-hybridized carbons (Fsp3) is 0.333. The molecule has 1 aromatic carbocycles. The van der Waals surface area contributed by atoms with E-state index >= 15 is 0 Å². The van der Waals surface area contributed by atoms with Crippen LogP contribution in [0.2, 0.25) is 0 Å². The molecule has 2 aliphatic rings. The Morgan fingerprint density at radius 1 is 1.10 bits per heavy atom. The third-order valence-corrected chi connectivity index (χ3v) is 4.76. The molecule has 6 heteroatoms. The molecule has 1 aliphatic heterocycles. The summed E-state index contributed by atoms with van der Waals surface area (Å²) in [5.41, 5.74) is -6.88. The summed E-state index contributed by atoms with van der Waals surface area (Å²) in [7, 11) is 0. The molecule has 1 saturated heterocycles. The van der Waals surface area contributed by atoms with Crippen molar-refractivity contribution in [3.05, 3.63) is 35.9 Å². The number of amides is 1. The van der Waals surface area contributed by atoms with Gasteiger partial charge in [-0.05, 0) is 12.5 Å². The van der Waals surface area contributed by atoms with E-state index in [1.54, 1.807) is 30.3 Å². The summed E-state index contributed by atoms with van der Waals surface area (Å²) in [6, 6.07) is 13.8. The molecule has 1 aliphatic carbocycles. The Morgan fingerprint density at radius 2 is 1.67 bits per heavy atom. The van der Waals surface area contributed by atoms with Crippen molar-refractivity contribution in [1.29, 1.82) is 15.8 Å². The zero-order valence-electron chi connectivity index (χ0n) is 11.1. The molecular formula is C15H10N4O2. The van der Waals surface area contributed by atoms with Crippen LogP contribution in [0, 0.1) is 44.8 Å². The molecule has 1 aromatic rings. The van der Waals surface area contributed by atoms with E-state index in [-0.39, 0.29) is 0 Å². The van der Waals surface area contributed by atoms with Gasteiger partial charge in [0, 0.05) is 0 Å². The lowest BCUT2D eigenvalue weighted by Crippen LogP contribution is -2.52. The van der Waals surface area contributed by atoms with Crippen molar-refractivity contribution in [2.45, 2.75) is 18.1 Å². The minimum atomic E-state index is -1.91. The minimum absolute atomic E-state index is 0.415. The number of carbonyl (C=O) groups excluding carboxylic acids is 1. The fourth-order valence-corrected chi connectivity index (χ4v) is 4.02. The molecule has 3 rings (SSSR count). The van der Waals surface area contributed by atoms with Crippen LogP contribution in [0.25, 0.3) is 0 Å². The van der Waals surface area contributed by atoms with E-state index in [4.69, 9.17) is 0 Å². The molecular weight excluding hydrogens is 268 g/mol. The zero-order valence-corrected chi connectivity index (χ0v) is 11.1. The van der Waals surface area contributed by atoms with Crippen LogP contribution in [-0.2, 0) is 10.2 Å². The van der Waals surface area contributed by atoms with Crippen LogP contribution in [-0.4, -0.2) is 16.7 Å². The predicted octanol–water partition coefficient (Wildman–Crippen LogP) is 0.320. The summed E-state index contributed by atoms with van der Waals surface area (Å²) in [5, 5.41) is 41.6. The molecule has 1 amide bonds. The van der Waals surface area contributed by atoms with Crippen LogP contribution >= 0.6 is 0 Å². The SMILES string of the molecule is C[C@]1(O)NC(=O)[C@]2(C#N)C(C#N)(C#N)[C@]12c1ccccc1. The van der Waals surface area contributed by atoms with E-state index in [1.165, 1.54) is 6.92 Å². The van der Waals surface area contributed by atoms with Gasteiger partial charge in [-0.15, -0.1) is 0 Å². The number of carbonyl (C=O) groups is 1. The van der Waals surface area contributed by atoms with Crippen molar-refractivity contribution in [2.24, 2.45) is 10.8 Å². The van der Waals surface area contributed by atoms with Crippen molar-refractivity contribution >= 4 is 5.91 Å². The molecule has 21 heavy (non-hydrogen) atoms. The third kappa shape index (κ3) is 0.923. The van der Waals surface area contributed by atoms with Crippen LogP contribution in [0.5, 0.6) is 0 Å². The Kier molecular flexibility index (Phi) is 2.13. The molecule has 0 spiro atoms. The third-order valence-electron chi connectivity index (χ3n) is 4.76. The first-order valence-corrected chi connectivity index (χ1v) is 6.26. The van der Waals surface area contributed by atoms with Crippen LogP contribution in [0.3, 0.4) is 0 Å². The lowest BCUT2D eigenvalue weighted by Gasteiger charge is -2.31. The van der Waals surface area contributed by atoms with E-state index in [9.17, 15) is 25.7 Å². The summed E-state index contributed by atoms with van der Waals surface area (Å²) >= 11 is 0. The quantitative estimate of drug-likeness (QED) is 0.766. The van der Waals surface area contributed by atoms with E-state index in [0.717, 1.165) is 0 Å². The largest absolute Gasteiger partial charge is 0.370 e. The van der Waals surface area contributed by atoms with Gasteiger partial charge in [-0.25, -0.2) is 0 Å². The van der Waals surface area contributed by atoms with Crippen molar-refractivity contribution in [3.63, 3.8) is 0 Å². The second-order valence-corrected chi connectivity index (χ2v) is 5.48. The summed E-state index contributed by atoms with van der Waals surface area (Å²) < 4.78 is 0. The number of nitrogens with zero attached hydrogens (tertiary/aromatic N) is 3. The first kappa shape index (κ1) is 13.1. The van der Waals surface area contributed by atoms with E-state index < -0.39 is 27.9 Å². The van der Waals surface area contributed by atoms with Crippen molar-refractivity contribution in [3.8, 4) is 18.2 Å². The number of rotatable bonds is 1. The first-order valence-electron chi connectivity index (χ1n) is 6.26. The van der Waals surface area contributed by atoms with Gasteiger partial charge in [0.2, 0.25) is 5.91 Å². The second kappa shape index (κ2) is 3.41. The Morgan fingerprint density at radius 3 is 2.10 bits per heavy atom. The molecule has 0 bridgehead atoms. The topological polar surface area (TPSA) is 121 Å². The van der Waals surface area contributed by atoms with Gasteiger partial charge >= 0.3 is 0 Å². The van der Waals surface area contributed by atoms with E-state index in [1.807, 2.05) is 18.2 Å². The molecule has 0 aromatic heterocycles. The number of hydrogen-bond donors (Lipinski definition) is 2. The number of aliphatic hydroxyl groups is 1. The monoisotopic (exact) mass is 278 g/mol. The van der Waals surface area contributed by atoms with Gasteiger partial charge < -0.3 is 10.4 Å². The fourth-order valence-electron chi connectivity index (χ4n) is 4.02. The van der Waals surface area contributed by atoms with Gasteiger partial charge in [-0.1, -0.05) is 30.3 Å². The molecule has 0 radical (unpaired) electrons. The van der Waals surface area contributed by atoms with Crippen molar-refractivity contribution in [2.75, 3.05) is 0 Å². The highest BCUT2D eigenvalue weighted by molar-refractivity contribution is 6.02. The molecule has 2 N–H and O–H groups in total. The lowest BCUT2D eigenvalue weighted by molar-refractivity contribution is -0.127. The average molecular weight is 278 g/mol. The Bertz CT molecular complexity index is 767. The van der Waals surface area contributed by atoms with E-state index in [0.29, 0.717) is 5.56 Å². The number of hydrogen-bond acceptors (Lipinski definition) is 5. The standard InChI is InChI=1S/C15H10N4O2/c1-12(21)15(10-5-3-2-4-6-10)13(7-16,8-17)14(15,9-18)11(20)19-12/h2-6,21H,1H3,(H,19,20)/t12-,14-,15+/m1/s1. The van der Waals surface area contributed by atoms with Gasteiger partial charge in [0.05, 0.1) is 18.2 Å². The van der Waals surface area contributed by atoms with Crippen molar-refractivity contribution in [1.82, 2.24) is 5.32 Å². The molecule has 6 nitrogen and oxygen atoms in total. The molecule has 2 fully saturated rings. The average Bonchev–Trinajstić information content (AvgIpc) is 3.00. The second-order valence-electron chi connectivity index (χ2n) is 5.48. The maximum atomic E-state index is 12.3. The maximum absolute atomic E-state index is 12.3. The number of piperidine rings is 1. The Balaban J connectivity index is 2.45. The Labute approximate surface area is 120 Å². The highest BCUT2D eigenvalue weighted by atomic mass is 16.3. The van der Waals surface area contributed by atoms with Crippen molar-refractivity contribution < 1.29 is 9.90 Å². The van der Waals surface area contributed by atoms with Gasteiger partial charge in [-0.3, -0.25) is 4.79 Å². The number of nitrogens with one attached hydrogen (secondary N) is 1. The normalized spacial score (nSPS) is 38.3. The smallest absolute Gasteiger partial charge is 0.246 e. The molecule has 1 heterocycles. The lowest BCUT2D eigenvalue weighted by atomic mass is 9.79. The van der Waals surface area contributed by atoms with Crippen LogP contribution in [0.15, 0.2) is 30.3 Å². The predicted molar refractivity (Wildman–Crippen MR) is 68.6 cm³/mol. The number of fused-ring (bicyclic) bond motifs is 1. The highest BCUT2D eigenvalue weighted by Gasteiger charge is 3.02. The maximum Gasteiger partial charge on any atom is 0.246 e. The van der Waals surface area contributed by atoms with Gasteiger partial charge in [0.25, 0.3) is 0 Å². The molecule has 3 atom stereocenters. The zero-order chi connectivity index (χ0) is 15.5. The van der Waals surface area contributed by atoms with Gasteiger partial charge in [0.15, 0.2) is 10.8 Å². The molecule has 0 unspecified atom stereocenters.